The van der Waals surface area contributed by atoms with E-state index in [0.29, 0.717) is 0 Å². The Bertz CT molecular complexity index is 423. The van der Waals surface area contributed by atoms with Gasteiger partial charge in [-0.25, -0.2) is 9.59 Å². The topological polar surface area (TPSA) is 104 Å². The molecule has 3 N–H and O–H groups in total. The number of benzene rings is 1. The molecule has 1 aromatic carbocycles. The number of aromatic carboxylic acids is 1. The molecule has 80 valence electrons. The molecule has 1 aromatic rings. The van der Waals surface area contributed by atoms with Gasteiger partial charge in [-0.2, -0.15) is 0 Å². The largest absolute Gasteiger partial charge is 0.504 e. The first-order chi connectivity index (χ1) is 6.97. The second kappa shape index (κ2) is 3.87. The average molecular weight is 212 g/mol. The van der Waals surface area contributed by atoms with E-state index in [0.717, 1.165) is 19.2 Å². The van der Waals surface area contributed by atoms with Crippen LogP contribution in [0.1, 0.15) is 20.7 Å². The van der Waals surface area contributed by atoms with Crippen molar-refractivity contribution in [2.45, 2.75) is 0 Å². The highest BCUT2D eigenvalue weighted by atomic mass is 16.5. The molecule has 0 saturated carbocycles. The molecule has 15 heavy (non-hydrogen) atoms. The van der Waals surface area contributed by atoms with Crippen LogP contribution in [0.15, 0.2) is 12.1 Å². The van der Waals surface area contributed by atoms with E-state index in [9.17, 15) is 9.59 Å². The SMILES string of the molecule is COC(=O)c1cc(O)c(O)c(C(=O)O)c1. The van der Waals surface area contributed by atoms with Crippen LogP contribution in [0.25, 0.3) is 0 Å². The Kier molecular flexibility index (Phi) is 2.80. The molecule has 6 heteroatoms. The quantitative estimate of drug-likeness (QED) is 0.489. The predicted octanol–water partition coefficient (Wildman–Crippen LogP) is 0.583. The summed E-state index contributed by atoms with van der Waals surface area (Å²) in [5, 5.41) is 27.0. The van der Waals surface area contributed by atoms with Gasteiger partial charge in [0.25, 0.3) is 0 Å². The zero-order valence-electron chi connectivity index (χ0n) is 7.72. The van der Waals surface area contributed by atoms with Crippen molar-refractivity contribution in [3.8, 4) is 11.5 Å². The number of esters is 1. The summed E-state index contributed by atoms with van der Waals surface area (Å²) in [5.41, 5.74) is -0.708. The van der Waals surface area contributed by atoms with Crippen molar-refractivity contribution in [2.75, 3.05) is 7.11 Å². The van der Waals surface area contributed by atoms with Gasteiger partial charge in [-0.1, -0.05) is 0 Å². The molecule has 0 fully saturated rings. The van der Waals surface area contributed by atoms with Crippen molar-refractivity contribution < 1.29 is 29.6 Å². The Labute approximate surface area is 84.3 Å². The van der Waals surface area contributed by atoms with Crippen LogP contribution in [-0.4, -0.2) is 34.4 Å². The maximum Gasteiger partial charge on any atom is 0.339 e. The van der Waals surface area contributed by atoms with Crippen molar-refractivity contribution in [3.05, 3.63) is 23.3 Å². The van der Waals surface area contributed by atoms with Gasteiger partial charge in [-0.05, 0) is 12.1 Å². The molecule has 0 aliphatic heterocycles. The zero-order chi connectivity index (χ0) is 11.6. The van der Waals surface area contributed by atoms with E-state index in [1.54, 1.807) is 0 Å². The first-order valence-corrected chi connectivity index (χ1v) is 3.85. The Hall–Kier alpha value is -2.24. The number of phenols is 2. The Balaban J connectivity index is 3.35. The number of carbonyl (C=O) groups excluding carboxylic acids is 1. The number of carbonyl (C=O) groups is 2. The second-order valence-electron chi connectivity index (χ2n) is 2.69. The summed E-state index contributed by atoms with van der Waals surface area (Å²) in [6, 6.07) is 1.84. The van der Waals surface area contributed by atoms with Gasteiger partial charge >= 0.3 is 11.9 Å². The van der Waals surface area contributed by atoms with E-state index in [1.807, 2.05) is 0 Å². The number of methoxy groups -OCH3 is 1. The van der Waals surface area contributed by atoms with Crippen molar-refractivity contribution in [3.63, 3.8) is 0 Å². The molecule has 0 amide bonds. The molecule has 0 heterocycles. The lowest BCUT2D eigenvalue weighted by atomic mass is 10.1. The highest BCUT2D eigenvalue weighted by Gasteiger charge is 2.18. The molecule has 0 unspecified atom stereocenters. The minimum atomic E-state index is -1.45. The number of hydrogen-bond acceptors (Lipinski definition) is 5. The maximum absolute atomic E-state index is 11.0. The summed E-state index contributed by atoms with van der Waals surface area (Å²) >= 11 is 0. The van der Waals surface area contributed by atoms with Crippen LogP contribution in [0.2, 0.25) is 0 Å². The minimum Gasteiger partial charge on any atom is -0.504 e. The number of ether oxygens (including phenoxy) is 1. The van der Waals surface area contributed by atoms with Crippen molar-refractivity contribution in [1.82, 2.24) is 0 Å². The van der Waals surface area contributed by atoms with Gasteiger partial charge in [0.1, 0.15) is 5.56 Å². The van der Waals surface area contributed by atoms with Crippen molar-refractivity contribution >= 4 is 11.9 Å². The van der Waals surface area contributed by atoms with E-state index in [1.165, 1.54) is 0 Å². The molecule has 0 aromatic heterocycles. The fourth-order valence-corrected chi connectivity index (χ4v) is 1.02. The molecular weight excluding hydrogens is 204 g/mol. The van der Waals surface area contributed by atoms with Crippen LogP contribution in [0.5, 0.6) is 11.5 Å². The molecular formula is C9H8O6. The summed E-state index contributed by atoms with van der Waals surface area (Å²) in [6.07, 6.45) is 0. The van der Waals surface area contributed by atoms with E-state index in [4.69, 9.17) is 15.3 Å². The molecule has 0 bridgehead atoms. The van der Waals surface area contributed by atoms with Crippen LogP contribution < -0.4 is 0 Å². The van der Waals surface area contributed by atoms with E-state index in [-0.39, 0.29) is 5.56 Å². The molecule has 0 aliphatic rings. The maximum atomic E-state index is 11.0. The molecule has 1 rings (SSSR count). The standard InChI is InChI=1S/C9H8O6/c1-15-9(14)4-2-5(8(12)13)7(11)6(10)3-4/h2-3,10-11H,1H3,(H,12,13). The highest BCUT2D eigenvalue weighted by Crippen LogP contribution is 2.30. The predicted molar refractivity (Wildman–Crippen MR) is 48.1 cm³/mol. The van der Waals surface area contributed by atoms with Crippen LogP contribution in [0, 0.1) is 0 Å². The third-order valence-corrected chi connectivity index (χ3v) is 1.74. The van der Waals surface area contributed by atoms with Gasteiger partial charge in [-0.15, -0.1) is 0 Å². The second-order valence-corrected chi connectivity index (χ2v) is 2.69. The summed E-state index contributed by atoms with van der Waals surface area (Å²) in [6.45, 7) is 0. The number of rotatable bonds is 2. The fraction of sp³-hybridized carbons (Fsp3) is 0.111. The van der Waals surface area contributed by atoms with Crippen LogP contribution in [0.4, 0.5) is 0 Å². The first-order valence-electron chi connectivity index (χ1n) is 3.85. The highest BCUT2D eigenvalue weighted by molar-refractivity contribution is 5.97. The third-order valence-electron chi connectivity index (χ3n) is 1.74. The summed E-state index contributed by atoms with van der Waals surface area (Å²) in [4.78, 5) is 21.7. The van der Waals surface area contributed by atoms with E-state index in [2.05, 4.69) is 4.74 Å². The van der Waals surface area contributed by atoms with Crippen LogP contribution in [0.3, 0.4) is 0 Å². The number of carboxylic acids is 1. The van der Waals surface area contributed by atoms with Crippen molar-refractivity contribution in [1.29, 1.82) is 0 Å². The van der Waals surface area contributed by atoms with Gasteiger partial charge in [0.2, 0.25) is 0 Å². The summed E-state index contributed by atoms with van der Waals surface area (Å²) in [5.74, 6) is -3.72. The Morgan fingerprint density at radius 2 is 1.87 bits per heavy atom. The minimum absolute atomic E-state index is 0.148. The van der Waals surface area contributed by atoms with Gasteiger partial charge in [0, 0.05) is 0 Å². The normalized spacial score (nSPS) is 9.67. The molecule has 0 aliphatic carbocycles. The lowest BCUT2D eigenvalue weighted by Gasteiger charge is -2.05. The molecule has 0 spiro atoms. The zero-order valence-corrected chi connectivity index (χ0v) is 7.72. The number of aromatic hydroxyl groups is 2. The van der Waals surface area contributed by atoms with Crippen LogP contribution >= 0.6 is 0 Å². The summed E-state index contributed by atoms with van der Waals surface area (Å²) in [7, 11) is 1.12. The third kappa shape index (κ3) is 1.98. The van der Waals surface area contributed by atoms with Crippen LogP contribution in [-0.2, 0) is 4.74 Å². The lowest BCUT2D eigenvalue weighted by molar-refractivity contribution is 0.0600. The smallest absolute Gasteiger partial charge is 0.339 e. The van der Waals surface area contributed by atoms with Gasteiger partial charge in [-0.3, -0.25) is 0 Å². The fourth-order valence-electron chi connectivity index (χ4n) is 1.02. The lowest BCUT2D eigenvalue weighted by Crippen LogP contribution is -2.04. The molecule has 0 saturated heterocycles. The monoisotopic (exact) mass is 212 g/mol. The first kappa shape index (κ1) is 10.8. The number of phenolic OH excluding ortho intramolecular Hbond substituents is 1. The Morgan fingerprint density at radius 1 is 1.27 bits per heavy atom. The molecule has 6 nitrogen and oxygen atoms in total. The van der Waals surface area contributed by atoms with Gasteiger partial charge in [0.05, 0.1) is 12.7 Å². The molecule has 0 atom stereocenters. The Morgan fingerprint density at radius 3 is 2.33 bits per heavy atom. The summed E-state index contributed by atoms with van der Waals surface area (Å²) < 4.78 is 4.34. The van der Waals surface area contributed by atoms with Crippen molar-refractivity contribution in [2.24, 2.45) is 0 Å². The number of hydrogen-bond donors (Lipinski definition) is 3. The number of carboxylic acid groups (broad SMARTS) is 1. The molecule has 0 radical (unpaired) electrons. The van der Waals surface area contributed by atoms with E-state index >= 15 is 0 Å². The average Bonchev–Trinajstić information content (AvgIpc) is 2.20. The van der Waals surface area contributed by atoms with Gasteiger partial charge in [0.15, 0.2) is 11.5 Å². The van der Waals surface area contributed by atoms with Gasteiger partial charge < -0.3 is 20.1 Å². The van der Waals surface area contributed by atoms with E-state index < -0.39 is 29.0 Å².